The Labute approximate surface area is 224 Å². The van der Waals surface area contributed by atoms with Gasteiger partial charge in [0.2, 0.25) is 0 Å². The molecule has 0 radical (unpaired) electrons. The smallest absolute Gasteiger partial charge is 0.147 e. The third kappa shape index (κ3) is 3.29. The van der Waals surface area contributed by atoms with Crippen molar-refractivity contribution in [1.29, 1.82) is 0 Å². The van der Waals surface area contributed by atoms with Gasteiger partial charge in [0.1, 0.15) is 5.82 Å². The number of nitrogens with zero attached hydrogens (tertiary/aromatic N) is 2. The van der Waals surface area contributed by atoms with Crippen molar-refractivity contribution in [1.82, 2.24) is 9.55 Å². The molecule has 0 saturated heterocycles. The monoisotopic (exact) mass is 502 g/mol. The molecule has 6 aromatic carbocycles. The minimum absolute atomic E-state index is 0.972. The van der Waals surface area contributed by atoms with E-state index in [0.717, 1.165) is 28.1 Å². The first-order valence-electron chi connectivity index (χ1n) is 12.8. The Kier molecular flexibility index (Phi) is 4.73. The first-order valence-corrected chi connectivity index (χ1v) is 13.6. The summed E-state index contributed by atoms with van der Waals surface area (Å²) in [4.78, 5) is 5.28. The molecule has 3 heteroatoms. The van der Waals surface area contributed by atoms with Gasteiger partial charge in [-0.25, -0.2) is 4.98 Å². The molecular formula is C35H22N2S. The minimum Gasteiger partial charge on any atom is -0.292 e. The molecule has 0 unspecified atom stereocenters. The summed E-state index contributed by atoms with van der Waals surface area (Å²) in [6.07, 6.45) is 0. The fourth-order valence-corrected chi connectivity index (χ4v) is 6.77. The van der Waals surface area contributed by atoms with Gasteiger partial charge in [-0.15, -0.1) is 11.3 Å². The van der Waals surface area contributed by atoms with E-state index >= 15 is 0 Å². The SMILES string of the molecule is c1ccc(-c2ccc(-n3c(-c4cccc5c4sc4ccccc45)nc4cc5ccccc5cc43)cc2)cc1. The Morgan fingerprint density at radius 2 is 1.24 bits per heavy atom. The molecule has 0 aliphatic heterocycles. The van der Waals surface area contributed by atoms with Crippen LogP contribution in [0.1, 0.15) is 0 Å². The molecule has 0 bridgehead atoms. The number of benzene rings is 6. The van der Waals surface area contributed by atoms with Gasteiger partial charge in [0.15, 0.2) is 0 Å². The number of aromatic nitrogens is 2. The summed E-state index contributed by atoms with van der Waals surface area (Å²) in [6, 6.07) is 47.7. The van der Waals surface area contributed by atoms with Crippen molar-refractivity contribution in [2.24, 2.45) is 0 Å². The second-order valence-electron chi connectivity index (χ2n) is 9.65. The van der Waals surface area contributed by atoms with E-state index in [4.69, 9.17) is 4.98 Å². The molecule has 38 heavy (non-hydrogen) atoms. The van der Waals surface area contributed by atoms with Gasteiger partial charge in [-0.05, 0) is 58.3 Å². The van der Waals surface area contributed by atoms with Crippen LogP contribution in [0.5, 0.6) is 0 Å². The maximum atomic E-state index is 5.28. The number of imidazole rings is 1. The van der Waals surface area contributed by atoms with Crippen molar-refractivity contribution in [3.8, 4) is 28.2 Å². The maximum Gasteiger partial charge on any atom is 0.147 e. The second-order valence-corrected chi connectivity index (χ2v) is 10.7. The molecule has 2 nitrogen and oxygen atoms in total. The van der Waals surface area contributed by atoms with E-state index < -0.39 is 0 Å². The lowest BCUT2D eigenvalue weighted by molar-refractivity contribution is 1.11. The summed E-state index contributed by atoms with van der Waals surface area (Å²) in [5.41, 5.74) is 6.81. The van der Waals surface area contributed by atoms with E-state index in [2.05, 4.69) is 138 Å². The number of hydrogen-bond donors (Lipinski definition) is 0. The highest BCUT2D eigenvalue weighted by Crippen LogP contribution is 2.41. The predicted molar refractivity (Wildman–Crippen MR) is 162 cm³/mol. The van der Waals surface area contributed by atoms with Crippen LogP contribution in [0.2, 0.25) is 0 Å². The van der Waals surface area contributed by atoms with Gasteiger partial charge in [0.25, 0.3) is 0 Å². The lowest BCUT2D eigenvalue weighted by atomic mass is 10.1. The van der Waals surface area contributed by atoms with Crippen LogP contribution in [0.25, 0.3) is 70.2 Å². The van der Waals surface area contributed by atoms with Gasteiger partial charge in [-0.1, -0.05) is 97.1 Å². The zero-order valence-electron chi connectivity index (χ0n) is 20.5. The number of rotatable bonds is 3. The maximum absolute atomic E-state index is 5.28. The Hall–Kier alpha value is -4.73. The fraction of sp³-hybridized carbons (Fsp3) is 0. The van der Waals surface area contributed by atoms with Crippen LogP contribution in [0, 0.1) is 0 Å². The standard InChI is InChI=1S/C35H22N2S/c1-2-9-23(10-3-1)24-17-19-27(20-18-24)37-32-22-26-12-5-4-11-25(26)21-31(32)36-35(37)30-15-8-14-29-28-13-6-7-16-33(28)38-34(29)30/h1-22H. The highest BCUT2D eigenvalue weighted by Gasteiger charge is 2.19. The summed E-state index contributed by atoms with van der Waals surface area (Å²) in [5.74, 6) is 0.972. The molecule has 0 atom stereocenters. The van der Waals surface area contributed by atoms with Gasteiger partial charge in [0, 0.05) is 31.4 Å². The summed E-state index contributed by atoms with van der Waals surface area (Å²) in [7, 11) is 0. The molecule has 0 N–H and O–H groups in total. The average molecular weight is 503 g/mol. The fourth-order valence-electron chi connectivity index (χ4n) is 5.56. The molecule has 2 heterocycles. The van der Waals surface area contributed by atoms with Crippen molar-refractivity contribution < 1.29 is 0 Å². The molecule has 8 rings (SSSR count). The Bertz CT molecular complexity index is 2120. The Morgan fingerprint density at radius 3 is 2.08 bits per heavy atom. The van der Waals surface area contributed by atoms with Crippen molar-refractivity contribution >= 4 is 53.3 Å². The highest BCUT2D eigenvalue weighted by molar-refractivity contribution is 7.26. The van der Waals surface area contributed by atoms with Crippen LogP contribution in [0.15, 0.2) is 133 Å². The zero-order valence-corrected chi connectivity index (χ0v) is 21.3. The van der Waals surface area contributed by atoms with Crippen molar-refractivity contribution in [3.63, 3.8) is 0 Å². The van der Waals surface area contributed by atoms with E-state index in [-0.39, 0.29) is 0 Å². The number of hydrogen-bond acceptors (Lipinski definition) is 2. The van der Waals surface area contributed by atoms with Gasteiger partial charge in [0.05, 0.1) is 11.0 Å². The van der Waals surface area contributed by atoms with Gasteiger partial charge in [-0.2, -0.15) is 0 Å². The van der Waals surface area contributed by atoms with Crippen LogP contribution >= 0.6 is 11.3 Å². The topological polar surface area (TPSA) is 17.8 Å². The van der Waals surface area contributed by atoms with Crippen LogP contribution in [-0.2, 0) is 0 Å². The zero-order chi connectivity index (χ0) is 25.1. The molecule has 0 saturated carbocycles. The summed E-state index contributed by atoms with van der Waals surface area (Å²) < 4.78 is 4.90. The lowest BCUT2D eigenvalue weighted by Crippen LogP contribution is -1.98. The summed E-state index contributed by atoms with van der Waals surface area (Å²) >= 11 is 1.85. The minimum atomic E-state index is 0.972. The Morgan fingerprint density at radius 1 is 0.553 bits per heavy atom. The number of thiophene rings is 1. The van der Waals surface area contributed by atoms with Gasteiger partial charge < -0.3 is 0 Å². The second kappa shape index (κ2) is 8.41. The molecule has 0 fully saturated rings. The molecule has 0 aliphatic rings. The number of fused-ring (bicyclic) bond motifs is 5. The molecular weight excluding hydrogens is 480 g/mol. The third-order valence-corrected chi connectivity index (χ3v) is 8.62. The van der Waals surface area contributed by atoms with E-state index in [1.54, 1.807) is 0 Å². The van der Waals surface area contributed by atoms with E-state index in [0.29, 0.717) is 0 Å². The largest absolute Gasteiger partial charge is 0.292 e. The molecule has 0 amide bonds. The molecule has 0 aliphatic carbocycles. The third-order valence-electron chi connectivity index (χ3n) is 7.40. The Balaban J connectivity index is 1.42. The van der Waals surface area contributed by atoms with E-state index in [1.807, 2.05) is 11.3 Å². The van der Waals surface area contributed by atoms with Crippen molar-refractivity contribution in [2.45, 2.75) is 0 Å². The molecule has 178 valence electrons. The summed E-state index contributed by atoms with van der Waals surface area (Å²) in [5, 5.41) is 5.01. The summed E-state index contributed by atoms with van der Waals surface area (Å²) in [6.45, 7) is 0. The first-order chi connectivity index (χ1) is 18.8. The average Bonchev–Trinajstić information content (AvgIpc) is 3.54. The van der Waals surface area contributed by atoms with E-state index in [1.165, 1.54) is 42.1 Å². The van der Waals surface area contributed by atoms with Crippen LogP contribution < -0.4 is 0 Å². The van der Waals surface area contributed by atoms with E-state index in [9.17, 15) is 0 Å². The molecule has 0 spiro atoms. The predicted octanol–water partition coefficient (Wildman–Crippen LogP) is 9.88. The first kappa shape index (κ1) is 21.4. The lowest BCUT2D eigenvalue weighted by Gasteiger charge is -2.12. The molecule has 2 aromatic heterocycles. The van der Waals surface area contributed by atoms with Crippen LogP contribution in [-0.4, -0.2) is 9.55 Å². The highest BCUT2D eigenvalue weighted by atomic mass is 32.1. The normalized spacial score (nSPS) is 11.7. The van der Waals surface area contributed by atoms with Crippen molar-refractivity contribution in [3.05, 3.63) is 133 Å². The van der Waals surface area contributed by atoms with Gasteiger partial charge in [-0.3, -0.25) is 4.57 Å². The van der Waals surface area contributed by atoms with Crippen molar-refractivity contribution in [2.75, 3.05) is 0 Å². The van der Waals surface area contributed by atoms with Crippen LogP contribution in [0.4, 0.5) is 0 Å². The molecule has 8 aromatic rings. The van der Waals surface area contributed by atoms with Crippen LogP contribution in [0.3, 0.4) is 0 Å². The quantitative estimate of drug-likeness (QED) is 0.235. The van der Waals surface area contributed by atoms with Gasteiger partial charge >= 0.3 is 0 Å².